The van der Waals surface area contributed by atoms with E-state index in [-0.39, 0.29) is 0 Å². The minimum absolute atomic E-state index is 0.737. The first-order valence-corrected chi connectivity index (χ1v) is 7.43. The summed E-state index contributed by atoms with van der Waals surface area (Å²) in [5.41, 5.74) is 1.22. The van der Waals surface area contributed by atoms with Crippen LogP contribution in [-0.2, 0) is 17.7 Å². The summed E-state index contributed by atoms with van der Waals surface area (Å²) >= 11 is 1.79. The standard InChI is InChI=1S/C13H25N3OS/c1-5-7-14-10-12-11(6-2)15-13(18-12)16(3)8-9-17-4/h14H,5-10H2,1-4H3. The van der Waals surface area contributed by atoms with Crippen LogP contribution in [0.3, 0.4) is 0 Å². The van der Waals surface area contributed by atoms with E-state index in [4.69, 9.17) is 9.72 Å². The van der Waals surface area contributed by atoms with E-state index in [2.05, 4.69) is 31.1 Å². The van der Waals surface area contributed by atoms with Crippen molar-refractivity contribution in [1.82, 2.24) is 10.3 Å². The van der Waals surface area contributed by atoms with Crippen molar-refractivity contribution in [1.29, 1.82) is 0 Å². The largest absolute Gasteiger partial charge is 0.383 e. The number of aromatic nitrogens is 1. The zero-order valence-corrected chi connectivity index (χ0v) is 12.8. The van der Waals surface area contributed by atoms with E-state index in [1.165, 1.54) is 17.0 Å². The third kappa shape index (κ3) is 4.55. The molecule has 0 aliphatic heterocycles. The lowest BCUT2D eigenvalue weighted by Crippen LogP contribution is -2.21. The van der Waals surface area contributed by atoms with E-state index in [0.29, 0.717) is 0 Å². The number of methoxy groups -OCH3 is 1. The second-order valence-electron chi connectivity index (χ2n) is 4.31. The molecule has 0 saturated carbocycles. The predicted molar refractivity (Wildman–Crippen MR) is 78.6 cm³/mol. The maximum atomic E-state index is 5.10. The van der Waals surface area contributed by atoms with Crippen LogP contribution in [0.15, 0.2) is 0 Å². The highest BCUT2D eigenvalue weighted by Crippen LogP contribution is 2.25. The van der Waals surface area contributed by atoms with Crippen molar-refractivity contribution in [2.45, 2.75) is 33.2 Å². The van der Waals surface area contributed by atoms with Gasteiger partial charge >= 0.3 is 0 Å². The summed E-state index contributed by atoms with van der Waals surface area (Å²) in [5, 5.41) is 4.54. The molecule has 4 nitrogen and oxygen atoms in total. The fourth-order valence-electron chi connectivity index (χ4n) is 1.65. The monoisotopic (exact) mass is 271 g/mol. The van der Waals surface area contributed by atoms with Crippen LogP contribution in [0.25, 0.3) is 0 Å². The van der Waals surface area contributed by atoms with E-state index < -0.39 is 0 Å². The first kappa shape index (κ1) is 15.4. The van der Waals surface area contributed by atoms with Gasteiger partial charge in [0.1, 0.15) is 0 Å². The Morgan fingerprint density at radius 3 is 2.78 bits per heavy atom. The number of likely N-dealkylation sites (N-methyl/N-ethyl adjacent to an activating group) is 1. The number of anilines is 1. The van der Waals surface area contributed by atoms with Crippen molar-refractivity contribution in [3.05, 3.63) is 10.6 Å². The Morgan fingerprint density at radius 1 is 1.39 bits per heavy atom. The van der Waals surface area contributed by atoms with Crippen LogP contribution in [0.1, 0.15) is 30.8 Å². The number of rotatable bonds is 9. The smallest absolute Gasteiger partial charge is 0.185 e. The summed E-state index contributed by atoms with van der Waals surface area (Å²) in [6.45, 7) is 7.97. The summed E-state index contributed by atoms with van der Waals surface area (Å²) in [4.78, 5) is 8.24. The maximum Gasteiger partial charge on any atom is 0.185 e. The Bertz CT molecular complexity index is 341. The summed E-state index contributed by atoms with van der Waals surface area (Å²) in [5.74, 6) is 0. The average molecular weight is 271 g/mol. The number of aryl methyl sites for hydroxylation is 1. The van der Waals surface area contributed by atoms with Gasteiger partial charge in [0, 0.05) is 32.1 Å². The van der Waals surface area contributed by atoms with Crippen LogP contribution in [0.2, 0.25) is 0 Å². The molecule has 0 spiro atoms. The molecule has 0 radical (unpaired) electrons. The fraction of sp³-hybridized carbons (Fsp3) is 0.769. The maximum absolute atomic E-state index is 5.10. The molecule has 5 heteroatoms. The lowest BCUT2D eigenvalue weighted by Gasteiger charge is -2.14. The SMILES string of the molecule is CCCNCc1sc(N(C)CCOC)nc1CC. The molecule has 0 saturated heterocycles. The van der Waals surface area contributed by atoms with Gasteiger partial charge in [-0.05, 0) is 19.4 Å². The number of nitrogens with zero attached hydrogens (tertiary/aromatic N) is 2. The van der Waals surface area contributed by atoms with Crippen LogP contribution in [0, 0.1) is 0 Å². The van der Waals surface area contributed by atoms with E-state index in [1.807, 2.05) is 0 Å². The van der Waals surface area contributed by atoms with Crippen LogP contribution in [0.5, 0.6) is 0 Å². The lowest BCUT2D eigenvalue weighted by atomic mass is 10.3. The molecule has 1 heterocycles. The minimum atomic E-state index is 0.737. The zero-order chi connectivity index (χ0) is 13.4. The number of nitrogens with one attached hydrogen (secondary N) is 1. The molecular weight excluding hydrogens is 246 g/mol. The Hall–Kier alpha value is -0.650. The van der Waals surface area contributed by atoms with E-state index in [0.717, 1.165) is 37.8 Å². The van der Waals surface area contributed by atoms with E-state index in [1.54, 1.807) is 18.4 Å². The zero-order valence-electron chi connectivity index (χ0n) is 12.0. The number of ether oxygens (including phenoxy) is 1. The molecule has 1 aromatic heterocycles. The molecule has 0 fully saturated rings. The van der Waals surface area contributed by atoms with Crippen molar-refractivity contribution in [3.8, 4) is 0 Å². The van der Waals surface area contributed by atoms with Crippen LogP contribution in [0.4, 0.5) is 5.13 Å². The Kier molecular flexibility index (Phi) is 7.23. The Balaban J connectivity index is 2.64. The van der Waals surface area contributed by atoms with Gasteiger partial charge < -0.3 is 15.0 Å². The summed E-state index contributed by atoms with van der Waals surface area (Å²) < 4.78 is 5.10. The van der Waals surface area contributed by atoms with Crippen LogP contribution in [-0.4, -0.2) is 38.8 Å². The Morgan fingerprint density at radius 2 is 2.17 bits per heavy atom. The third-order valence-corrected chi connectivity index (χ3v) is 3.98. The second-order valence-corrected chi connectivity index (χ2v) is 5.37. The van der Waals surface area contributed by atoms with Crippen molar-refractivity contribution < 1.29 is 4.74 Å². The van der Waals surface area contributed by atoms with E-state index in [9.17, 15) is 0 Å². The molecule has 0 unspecified atom stereocenters. The van der Waals surface area contributed by atoms with Crippen molar-refractivity contribution in [2.24, 2.45) is 0 Å². The van der Waals surface area contributed by atoms with Gasteiger partial charge in [-0.25, -0.2) is 4.98 Å². The van der Waals surface area contributed by atoms with Crippen LogP contribution < -0.4 is 10.2 Å². The van der Waals surface area contributed by atoms with Gasteiger partial charge in [0.25, 0.3) is 0 Å². The van der Waals surface area contributed by atoms with Gasteiger partial charge in [-0.15, -0.1) is 11.3 Å². The topological polar surface area (TPSA) is 37.4 Å². The fourth-order valence-corrected chi connectivity index (χ4v) is 2.76. The molecule has 0 amide bonds. The van der Waals surface area contributed by atoms with Gasteiger partial charge in [-0.1, -0.05) is 13.8 Å². The predicted octanol–water partition coefficient (Wildman–Crippen LogP) is 2.29. The second kappa shape index (κ2) is 8.45. The molecule has 1 N–H and O–H groups in total. The molecule has 0 aromatic carbocycles. The van der Waals surface area contributed by atoms with Crippen molar-refractivity contribution >= 4 is 16.5 Å². The molecule has 0 bridgehead atoms. The first-order chi connectivity index (χ1) is 8.72. The van der Waals surface area contributed by atoms with Gasteiger partial charge in [0.05, 0.1) is 12.3 Å². The average Bonchev–Trinajstić information content (AvgIpc) is 2.79. The normalized spacial score (nSPS) is 10.9. The van der Waals surface area contributed by atoms with Gasteiger partial charge in [-0.3, -0.25) is 0 Å². The molecule has 104 valence electrons. The highest BCUT2D eigenvalue weighted by molar-refractivity contribution is 7.15. The quantitative estimate of drug-likeness (QED) is 0.699. The van der Waals surface area contributed by atoms with Gasteiger partial charge in [0.15, 0.2) is 5.13 Å². The van der Waals surface area contributed by atoms with Gasteiger partial charge in [0.2, 0.25) is 0 Å². The molecule has 1 rings (SSSR count). The number of hydrogen-bond acceptors (Lipinski definition) is 5. The van der Waals surface area contributed by atoms with Crippen LogP contribution >= 0.6 is 11.3 Å². The minimum Gasteiger partial charge on any atom is -0.383 e. The molecular formula is C13H25N3OS. The summed E-state index contributed by atoms with van der Waals surface area (Å²) in [6.07, 6.45) is 2.17. The highest BCUT2D eigenvalue weighted by Gasteiger charge is 2.12. The summed E-state index contributed by atoms with van der Waals surface area (Å²) in [6, 6.07) is 0. The van der Waals surface area contributed by atoms with E-state index >= 15 is 0 Å². The molecule has 0 atom stereocenters. The molecule has 18 heavy (non-hydrogen) atoms. The van der Waals surface area contributed by atoms with Gasteiger partial charge in [-0.2, -0.15) is 0 Å². The van der Waals surface area contributed by atoms with Crippen molar-refractivity contribution in [3.63, 3.8) is 0 Å². The number of hydrogen-bond donors (Lipinski definition) is 1. The van der Waals surface area contributed by atoms with Crippen molar-refractivity contribution in [2.75, 3.05) is 38.8 Å². The third-order valence-electron chi connectivity index (χ3n) is 2.77. The highest BCUT2D eigenvalue weighted by atomic mass is 32.1. The molecule has 0 aliphatic rings. The molecule has 1 aromatic rings. The molecule has 0 aliphatic carbocycles. The first-order valence-electron chi connectivity index (χ1n) is 6.62. The number of thiazole rings is 1. The summed E-state index contributed by atoms with van der Waals surface area (Å²) in [7, 11) is 3.80. The Labute approximate surface area is 114 Å². The lowest BCUT2D eigenvalue weighted by molar-refractivity contribution is 0.206.